The van der Waals surface area contributed by atoms with Gasteiger partial charge in [-0.3, -0.25) is 9.89 Å². The summed E-state index contributed by atoms with van der Waals surface area (Å²) in [4.78, 5) is 18.9. The predicted molar refractivity (Wildman–Crippen MR) is 98.0 cm³/mol. The molecule has 130 valence electrons. The fourth-order valence-electron chi connectivity index (χ4n) is 2.38. The molecule has 0 aliphatic rings. The van der Waals surface area contributed by atoms with Crippen molar-refractivity contribution in [3.8, 4) is 0 Å². The first-order valence-electron chi connectivity index (χ1n) is 8.49. The van der Waals surface area contributed by atoms with Gasteiger partial charge in [0.15, 0.2) is 0 Å². The zero-order valence-electron chi connectivity index (χ0n) is 14.7. The Morgan fingerprint density at radius 3 is 2.62 bits per heavy atom. The van der Waals surface area contributed by atoms with Gasteiger partial charge in [-0.15, -0.1) is 5.10 Å². The van der Waals surface area contributed by atoms with Gasteiger partial charge in [-0.05, 0) is 25.3 Å². The largest absolute Gasteiger partial charge is 0.338 e. The van der Waals surface area contributed by atoms with Crippen molar-refractivity contribution in [1.82, 2.24) is 20.1 Å². The lowest BCUT2D eigenvalue weighted by Crippen LogP contribution is -2.32. The van der Waals surface area contributed by atoms with Gasteiger partial charge in [-0.1, -0.05) is 55.4 Å². The van der Waals surface area contributed by atoms with Crippen LogP contribution in [0.5, 0.6) is 0 Å². The van der Waals surface area contributed by atoms with E-state index in [2.05, 4.69) is 60.2 Å². The van der Waals surface area contributed by atoms with E-state index in [4.69, 9.17) is 0 Å². The number of aryl methyl sites for hydroxylation is 2. The first kappa shape index (κ1) is 18.5. The third kappa shape index (κ3) is 5.67. The van der Waals surface area contributed by atoms with E-state index in [1.807, 2.05) is 4.90 Å². The standard InChI is InChI=1S/C18H26N4OS/c1-4-6-16-19-18(21-20-16)24-13-17(23)22(11-5-2)12-15-9-7-14(3)8-10-15/h7-10H,4-6,11-13H2,1-3H3,(H,19,20,21). The Hall–Kier alpha value is -1.82. The highest BCUT2D eigenvalue weighted by Gasteiger charge is 2.15. The molecule has 1 heterocycles. The second-order valence-corrected chi connectivity index (χ2v) is 6.85. The molecule has 0 spiro atoms. The van der Waals surface area contributed by atoms with Gasteiger partial charge in [0.05, 0.1) is 5.75 Å². The van der Waals surface area contributed by atoms with Crippen LogP contribution in [0.4, 0.5) is 0 Å². The van der Waals surface area contributed by atoms with Gasteiger partial charge in [0.2, 0.25) is 11.1 Å². The highest BCUT2D eigenvalue weighted by atomic mass is 32.2. The van der Waals surface area contributed by atoms with E-state index in [1.165, 1.54) is 17.3 Å². The maximum absolute atomic E-state index is 12.5. The molecule has 0 bridgehead atoms. The molecule has 1 aromatic carbocycles. The number of hydrogen-bond donors (Lipinski definition) is 1. The number of nitrogens with zero attached hydrogens (tertiary/aromatic N) is 3. The SMILES string of the molecule is CCCc1nc(SCC(=O)N(CCC)Cc2ccc(C)cc2)n[nH]1. The Balaban J connectivity index is 1.91. The Morgan fingerprint density at radius 1 is 1.21 bits per heavy atom. The van der Waals surface area contributed by atoms with E-state index >= 15 is 0 Å². The summed E-state index contributed by atoms with van der Waals surface area (Å²) in [5, 5.41) is 7.74. The summed E-state index contributed by atoms with van der Waals surface area (Å²) in [5.41, 5.74) is 2.39. The van der Waals surface area contributed by atoms with E-state index in [9.17, 15) is 4.79 Å². The molecular weight excluding hydrogens is 320 g/mol. The number of aromatic nitrogens is 3. The second-order valence-electron chi connectivity index (χ2n) is 5.90. The molecule has 1 aromatic heterocycles. The van der Waals surface area contributed by atoms with Gasteiger partial charge < -0.3 is 4.90 Å². The van der Waals surface area contributed by atoms with Gasteiger partial charge >= 0.3 is 0 Å². The summed E-state index contributed by atoms with van der Waals surface area (Å²) in [7, 11) is 0. The molecule has 0 aliphatic carbocycles. The Kier molecular flexibility index (Phi) is 7.31. The first-order valence-corrected chi connectivity index (χ1v) is 9.48. The average Bonchev–Trinajstić information content (AvgIpc) is 3.02. The zero-order valence-corrected chi connectivity index (χ0v) is 15.5. The van der Waals surface area contributed by atoms with Crippen LogP contribution in [0.2, 0.25) is 0 Å². The number of thioether (sulfide) groups is 1. The van der Waals surface area contributed by atoms with Crippen LogP contribution in [0.3, 0.4) is 0 Å². The lowest BCUT2D eigenvalue weighted by atomic mass is 10.1. The molecule has 1 N–H and O–H groups in total. The molecular formula is C18H26N4OS. The molecule has 24 heavy (non-hydrogen) atoms. The van der Waals surface area contributed by atoms with Gasteiger partial charge in [0.1, 0.15) is 5.82 Å². The Labute approximate surface area is 148 Å². The average molecular weight is 346 g/mol. The van der Waals surface area contributed by atoms with Gasteiger partial charge in [0, 0.05) is 19.5 Å². The van der Waals surface area contributed by atoms with Gasteiger partial charge in [-0.2, -0.15) is 0 Å². The molecule has 0 atom stereocenters. The fourth-order valence-corrected chi connectivity index (χ4v) is 3.10. The lowest BCUT2D eigenvalue weighted by Gasteiger charge is -2.22. The molecule has 0 saturated heterocycles. The number of aromatic amines is 1. The van der Waals surface area contributed by atoms with Gasteiger partial charge in [0.25, 0.3) is 0 Å². The van der Waals surface area contributed by atoms with Crippen molar-refractivity contribution in [2.24, 2.45) is 0 Å². The summed E-state index contributed by atoms with van der Waals surface area (Å²) >= 11 is 1.40. The number of H-pyrrole nitrogens is 1. The number of amides is 1. The van der Waals surface area contributed by atoms with Crippen LogP contribution in [0, 0.1) is 6.92 Å². The smallest absolute Gasteiger partial charge is 0.233 e. The van der Waals surface area contributed by atoms with Gasteiger partial charge in [-0.25, -0.2) is 4.98 Å². The number of carbonyl (C=O) groups is 1. The molecule has 5 nitrogen and oxygen atoms in total. The predicted octanol–water partition coefficient (Wildman–Crippen LogP) is 3.60. The van der Waals surface area contributed by atoms with Crippen molar-refractivity contribution in [3.05, 3.63) is 41.2 Å². The van der Waals surface area contributed by atoms with Crippen LogP contribution >= 0.6 is 11.8 Å². The second kappa shape index (κ2) is 9.47. The van der Waals surface area contributed by atoms with Crippen LogP contribution in [0.15, 0.2) is 29.4 Å². The minimum atomic E-state index is 0.129. The van der Waals surface area contributed by atoms with Crippen molar-refractivity contribution in [3.63, 3.8) is 0 Å². The van der Waals surface area contributed by atoms with E-state index in [1.54, 1.807) is 0 Å². The Morgan fingerprint density at radius 2 is 1.96 bits per heavy atom. The van der Waals surface area contributed by atoms with Crippen LogP contribution in [0.1, 0.15) is 43.6 Å². The number of rotatable bonds is 9. The number of nitrogens with one attached hydrogen (secondary N) is 1. The molecule has 0 radical (unpaired) electrons. The normalized spacial score (nSPS) is 10.8. The minimum Gasteiger partial charge on any atom is -0.338 e. The van der Waals surface area contributed by atoms with Crippen LogP contribution in [-0.2, 0) is 17.8 Å². The maximum atomic E-state index is 12.5. The van der Waals surface area contributed by atoms with E-state index in [0.717, 1.165) is 37.2 Å². The number of carbonyl (C=O) groups excluding carboxylic acids is 1. The Bertz CT molecular complexity index is 639. The minimum absolute atomic E-state index is 0.129. The van der Waals surface area contributed by atoms with Crippen LogP contribution in [0.25, 0.3) is 0 Å². The quantitative estimate of drug-likeness (QED) is 0.705. The van der Waals surface area contributed by atoms with Crippen LogP contribution < -0.4 is 0 Å². The summed E-state index contributed by atoms with van der Waals surface area (Å²) < 4.78 is 0. The van der Waals surface area contributed by atoms with E-state index in [-0.39, 0.29) is 5.91 Å². The highest BCUT2D eigenvalue weighted by Crippen LogP contribution is 2.15. The van der Waals surface area contributed by atoms with Crippen molar-refractivity contribution < 1.29 is 4.79 Å². The third-order valence-electron chi connectivity index (χ3n) is 3.66. The van der Waals surface area contributed by atoms with Crippen molar-refractivity contribution in [2.75, 3.05) is 12.3 Å². The van der Waals surface area contributed by atoms with E-state index in [0.29, 0.717) is 17.5 Å². The molecule has 0 unspecified atom stereocenters. The summed E-state index contributed by atoms with van der Waals surface area (Å²) in [6.45, 7) is 7.69. The highest BCUT2D eigenvalue weighted by molar-refractivity contribution is 7.99. The molecule has 1 amide bonds. The van der Waals surface area contributed by atoms with Crippen molar-refractivity contribution in [1.29, 1.82) is 0 Å². The zero-order chi connectivity index (χ0) is 17.4. The summed E-state index contributed by atoms with van der Waals surface area (Å²) in [6, 6.07) is 8.35. The van der Waals surface area contributed by atoms with Crippen molar-refractivity contribution >= 4 is 17.7 Å². The molecule has 0 aliphatic heterocycles. The maximum Gasteiger partial charge on any atom is 0.233 e. The van der Waals surface area contributed by atoms with Crippen LogP contribution in [-0.4, -0.2) is 38.3 Å². The number of hydrogen-bond acceptors (Lipinski definition) is 4. The van der Waals surface area contributed by atoms with Crippen molar-refractivity contribution in [2.45, 2.75) is 51.7 Å². The van der Waals surface area contributed by atoms with E-state index < -0.39 is 0 Å². The molecule has 2 rings (SSSR count). The fraction of sp³-hybridized carbons (Fsp3) is 0.500. The molecule has 0 saturated carbocycles. The summed E-state index contributed by atoms with van der Waals surface area (Å²) in [5.74, 6) is 1.39. The molecule has 2 aromatic rings. The third-order valence-corrected chi connectivity index (χ3v) is 4.50. The topological polar surface area (TPSA) is 61.9 Å². The molecule has 6 heteroatoms. The lowest BCUT2D eigenvalue weighted by molar-refractivity contribution is -0.129. The summed E-state index contributed by atoms with van der Waals surface area (Å²) in [6.07, 6.45) is 2.86. The number of benzene rings is 1. The first-order chi connectivity index (χ1) is 11.6. The monoisotopic (exact) mass is 346 g/mol. The molecule has 0 fully saturated rings.